The molecule has 0 aliphatic carbocycles. The lowest BCUT2D eigenvalue weighted by Gasteiger charge is -2.04. The van der Waals surface area contributed by atoms with Crippen LogP contribution in [0.1, 0.15) is 21.3 Å². The van der Waals surface area contributed by atoms with Crippen LogP contribution in [0.4, 0.5) is 5.13 Å². The molecule has 3 rings (SSSR count). The van der Waals surface area contributed by atoms with Crippen molar-refractivity contribution in [3.8, 4) is 5.82 Å². The lowest BCUT2D eigenvalue weighted by atomic mass is 10.3. The number of amides is 1. The van der Waals surface area contributed by atoms with E-state index in [0.29, 0.717) is 10.9 Å². The Kier molecular flexibility index (Phi) is 3.40. The van der Waals surface area contributed by atoms with Gasteiger partial charge in [0.1, 0.15) is 10.8 Å². The first kappa shape index (κ1) is 13.3. The smallest absolute Gasteiger partial charge is 0.278 e. The molecule has 0 aromatic carbocycles. The first-order chi connectivity index (χ1) is 10.1. The summed E-state index contributed by atoms with van der Waals surface area (Å²) in [7, 11) is 0. The largest absolute Gasteiger partial charge is 0.295 e. The monoisotopic (exact) mass is 301 g/mol. The second kappa shape index (κ2) is 5.37. The van der Waals surface area contributed by atoms with Crippen molar-refractivity contribution in [2.24, 2.45) is 0 Å². The van der Waals surface area contributed by atoms with E-state index >= 15 is 0 Å². The molecular formula is C12H11N7OS. The molecule has 0 fully saturated rings. The molecule has 0 radical (unpaired) electrons. The summed E-state index contributed by atoms with van der Waals surface area (Å²) in [5.74, 6) is 1.03. The SMILES string of the molecule is Cc1nnc(NC(=O)c2ccc(-n3ccnc3C)nn2)s1. The van der Waals surface area contributed by atoms with E-state index in [-0.39, 0.29) is 11.6 Å². The Morgan fingerprint density at radius 2 is 2.05 bits per heavy atom. The predicted molar refractivity (Wildman–Crippen MR) is 76.5 cm³/mol. The van der Waals surface area contributed by atoms with Crippen LogP contribution < -0.4 is 5.32 Å². The summed E-state index contributed by atoms with van der Waals surface area (Å²) in [5, 5.41) is 19.5. The summed E-state index contributed by atoms with van der Waals surface area (Å²) in [6, 6.07) is 3.31. The molecule has 3 aromatic heterocycles. The molecule has 21 heavy (non-hydrogen) atoms. The fourth-order valence-electron chi connectivity index (χ4n) is 1.70. The Balaban J connectivity index is 1.78. The van der Waals surface area contributed by atoms with Gasteiger partial charge in [-0.25, -0.2) is 4.98 Å². The highest BCUT2D eigenvalue weighted by Gasteiger charge is 2.12. The van der Waals surface area contributed by atoms with Crippen LogP contribution in [0.25, 0.3) is 5.82 Å². The zero-order valence-electron chi connectivity index (χ0n) is 11.3. The van der Waals surface area contributed by atoms with Crippen LogP contribution in [0.2, 0.25) is 0 Å². The highest BCUT2D eigenvalue weighted by Crippen LogP contribution is 2.14. The van der Waals surface area contributed by atoms with E-state index in [0.717, 1.165) is 10.8 Å². The molecule has 8 nitrogen and oxygen atoms in total. The zero-order chi connectivity index (χ0) is 14.8. The van der Waals surface area contributed by atoms with Crippen molar-refractivity contribution in [1.82, 2.24) is 29.9 Å². The van der Waals surface area contributed by atoms with Gasteiger partial charge in [0.05, 0.1) is 0 Å². The molecule has 0 unspecified atom stereocenters. The molecule has 0 atom stereocenters. The van der Waals surface area contributed by atoms with Gasteiger partial charge < -0.3 is 0 Å². The van der Waals surface area contributed by atoms with Gasteiger partial charge in [0, 0.05) is 12.4 Å². The number of imidazole rings is 1. The van der Waals surface area contributed by atoms with Crippen molar-refractivity contribution in [3.05, 3.63) is 41.1 Å². The van der Waals surface area contributed by atoms with Crippen LogP contribution in [0.3, 0.4) is 0 Å². The van der Waals surface area contributed by atoms with E-state index < -0.39 is 0 Å². The highest BCUT2D eigenvalue weighted by atomic mass is 32.1. The van der Waals surface area contributed by atoms with Crippen molar-refractivity contribution in [2.45, 2.75) is 13.8 Å². The molecule has 0 bridgehead atoms. The van der Waals surface area contributed by atoms with E-state index in [2.05, 4.69) is 30.7 Å². The molecule has 0 spiro atoms. The first-order valence-electron chi connectivity index (χ1n) is 6.09. The minimum Gasteiger partial charge on any atom is -0.295 e. The summed E-state index contributed by atoms with van der Waals surface area (Å²) in [6.45, 7) is 3.68. The Bertz CT molecular complexity index is 777. The summed E-state index contributed by atoms with van der Waals surface area (Å²) in [6.07, 6.45) is 3.46. The molecule has 106 valence electrons. The summed E-state index contributed by atoms with van der Waals surface area (Å²) in [5.41, 5.74) is 0.212. The number of carbonyl (C=O) groups excluding carboxylic acids is 1. The van der Waals surface area contributed by atoms with Crippen molar-refractivity contribution in [2.75, 3.05) is 5.32 Å². The van der Waals surface area contributed by atoms with Crippen molar-refractivity contribution >= 4 is 22.4 Å². The summed E-state index contributed by atoms with van der Waals surface area (Å²) in [4.78, 5) is 16.1. The number of anilines is 1. The lowest BCUT2D eigenvalue weighted by Crippen LogP contribution is -2.15. The van der Waals surface area contributed by atoms with E-state index in [4.69, 9.17) is 0 Å². The Morgan fingerprint density at radius 1 is 1.19 bits per heavy atom. The maximum atomic E-state index is 12.0. The second-order valence-electron chi connectivity index (χ2n) is 4.20. The predicted octanol–water partition coefficient (Wildman–Crippen LogP) is 1.38. The standard InChI is InChI=1S/C12H11N7OS/c1-7-13-5-6-19(7)10-4-3-9(16-17-10)11(20)14-12-18-15-8(2)21-12/h3-6H,1-2H3,(H,14,18,20). The number of rotatable bonds is 3. The van der Waals surface area contributed by atoms with Crippen LogP contribution in [0.5, 0.6) is 0 Å². The molecule has 1 N–H and O–H groups in total. The van der Waals surface area contributed by atoms with Gasteiger partial charge in [0.2, 0.25) is 5.13 Å². The topological polar surface area (TPSA) is 98.5 Å². The van der Waals surface area contributed by atoms with E-state index in [1.54, 1.807) is 29.1 Å². The Hall–Kier alpha value is -2.68. The van der Waals surface area contributed by atoms with Gasteiger partial charge in [-0.05, 0) is 26.0 Å². The number of aryl methyl sites for hydroxylation is 2. The van der Waals surface area contributed by atoms with Gasteiger partial charge in [0.25, 0.3) is 5.91 Å². The minimum atomic E-state index is -0.368. The average Bonchev–Trinajstić information content (AvgIpc) is 3.08. The molecule has 0 aliphatic rings. The minimum absolute atomic E-state index is 0.212. The van der Waals surface area contributed by atoms with Crippen molar-refractivity contribution in [1.29, 1.82) is 0 Å². The number of nitrogens with one attached hydrogen (secondary N) is 1. The van der Waals surface area contributed by atoms with Crippen LogP contribution >= 0.6 is 11.3 Å². The molecule has 0 aliphatic heterocycles. The van der Waals surface area contributed by atoms with Gasteiger partial charge >= 0.3 is 0 Å². The summed E-state index contributed by atoms with van der Waals surface area (Å²) < 4.78 is 1.78. The number of aromatic nitrogens is 6. The van der Waals surface area contributed by atoms with Crippen LogP contribution in [0, 0.1) is 13.8 Å². The lowest BCUT2D eigenvalue weighted by molar-refractivity contribution is 0.102. The number of hydrogen-bond donors (Lipinski definition) is 1. The Morgan fingerprint density at radius 3 is 2.62 bits per heavy atom. The third-order valence-electron chi connectivity index (χ3n) is 2.70. The van der Waals surface area contributed by atoms with Crippen molar-refractivity contribution in [3.63, 3.8) is 0 Å². The highest BCUT2D eigenvalue weighted by molar-refractivity contribution is 7.15. The van der Waals surface area contributed by atoms with Gasteiger partial charge in [-0.3, -0.25) is 14.7 Å². The van der Waals surface area contributed by atoms with E-state index in [1.165, 1.54) is 11.3 Å². The maximum Gasteiger partial charge on any atom is 0.278 e. The fourth-order valence-corrected chi connectivity index (χ4v) is 2.29. The molecular weight excluding hydrogens is 290 g/mol. The third-order valence-corrected chi connectivity index (χ3v) is 3.46. The summed E-state index contributed by atoms with van der Waals surface area (Å²) >= 11 is 1.30. The van der Waals surface area contributed by atoms with Gasteiger partial charge in [0.15, 0.2) is 11.5 Å². The van der Waals surface area contributed by atoms with Gasteiger partial charge in [-0.15, -0.1) is 20.4 Å². The average molecular weight is 301 g/mol. The zero-order valence-corrected chi connectivity index (χ0v) is 12.1. The quantitative estimate of drug-likeness (QED) is 0.784. The number of hydrogen-bond acceptors (Lipinski definition) is 7. The molecule has 3 heterocycles. The normalized spacial score (nSPS) is 10.6. The maximum absolute atomic E-state index is 12.0. The van der Waals surface area contributed by atoms with Gasteiger partial charge in [-0.1, -0.05) is 11.3 Å². The molecule has 9 heteroatoms. The van der Waals surface area contributed by atoms with Crippen LogP contribution in [-0.2, 0) is 0 Å². The molecule has 0 saturated carbocycles. The fraction of sp³-hybridized carbons (Fsp3) is 0.167. The number of carbonyl (C=O) groups is 1. The van der Waals surface area contributed by atoms with Crippen LogP contribution in [0.15, 0.2) is 24.5 Å². The number of nitrogens with zero attached hydrogens (tertiary/aromatic N) is 6. The van der Waals surface area contributed by atoms with E-state index in [1.807, 2.05) is 13.8 Å². The van der Waals surface area contributed by atoms with Gasteiger partial charge in [-0.2, -0.15) is 0 Å². The van der Waals surface area contributed by atoms with E-state index in [9.17, 15) is 4.79 Å². The first-order valence-corrected chi connectivity index (χ1v) is 6.90. The molecule has 3 aromatic rings. The second-order valence-corrected chi connectivity index (χ2v) is 5.38. The molecule has 0 saturated heterocycles. The van der Waals surface area contributed by atoms with Crippen molar-refractivity contribution < 1.29 is 4.79 Å². The molecule has 1 amide bonds. The Labute approximate surface area is 123 Å². The van der Waals surface area contributed by atoms with Crippen LogP contribution in [-0.4, -0.2) is 35.9 Å². The third kappa shape index (κ3) is 2.77.